The van der Waals surface area contributed by atoms with Crippen molar-refractivity contribution in [1.82, 2.24) is 24.6 Å². The molecule has 3 fully saturated rings. The van der Waals surface area contributed by atoms with Crippen LogP contribution in [-0.2, 0) is 29.3 Å². The predicted octanol–water partition coefficient (Wildman–Crippen LogP) is -1.15. The van der Waals surface area contributed by atoms with Gasteiger partial charge in [0.05, 0.1) is 7.11 Å². The quantitative estimate of drug-likeness (QED) is 0.378. The standard InChI is InChI=1S/C19H29N5O7S/c1-3-13-11-19(13,17(27)22-32(29,30)23-8-4-5-9-23)21-16(26)14-7-6-10-24(14)15(25)12-20-18(28)31-2/h3,13-14H,1,4-12H2,2H3,(H,20,28)(H,21,26)(H,22,27)/t13?,14-,19?/m0/s1. The first-order valence-electron chi connectivity index (χ1n) is 10.5. The molecule has 2 aliphatic heterocycles. The van der Waals surface area contributed by atoms with Crippen molar-refractivity contribution in [3.8, 4) is 0 Å². The Morgan fingerprint density at radius 3 is 2.44 bits per heavy atom. The first-order chi connectivity index (χ1) is 15.1. The van der Waals surface area contributed by atoms with E-state index in [1.165, 1.54) is 22.4 Å². The first kappa shape index (κ1) is 24.0. The van der Waals surface area contributed by atoms with Crippen molar-refractivity contribution in [2.75, 3.05) is 33.3 Å². The van der Waals surface area contributed by atoms with Gasteiger partial charge in [-0.2, -0.15) is 12.7 Å². The molecule has 12 nitrogen and oxygen atoms in total. The molecule has 2 unspecified atom stereocenters. The topological polar surface area (TPSA) is 154 Å². The molecule has 13 heteroatoms. The van der Waals surface area contributed by atoms with E-state index in [0.717, 1.165) is 12.8 Å². The molecular formula is C19H29N5O7S. The lowest BCUT2D eigenvalue weighted by atomic mass is 10.1. The van der Waals surface area contributed by atoms with E-state index in [9.17, 15) is 27.6 Å². The lowest BCUT2D eigenvalue weighted by molar-refractivity contribution is -0.139. The molecule has 3 rings (SSSR count). The van der Waals surface area contributed by atoms with E-state index in [4.69, 9.17) is 0 Å². The fraction of sp³-hybridized carbons (Fsp3) is 0.684. The van der Waals surface area contributed by atoms with Gasteiger partial charge in [0.15, 0.2) is 0 Å². The molecule has 0 spiro atoms. The SMILES string of the molecule is C=CC1CC1(NC(=O)[C@@H]1CCCN1C(=O)CNC(=O)OC)C(=O)NS(=O)(=O)N1CCCC1. The van der Waals surface area contributed by atoms with Crippen LogP contribution < -0.4 is 15.4 Å². The van der Waals surface area contributed by atoms with Gasteiger partial charge in [-0.25, -0.2) is 9.52 Å². The van der Waals surface area contributed by atoms with Gasteiger partial charge in [-0.05, 0) is 32.1 Å². The number of carbonyl (C=O) groups excluding carboxylic acids is 4. The molecule has 3 aliphatic rings. The number of nitrogens with zero attached hydrogens (tertiary/aromatic N) is 2. The molecule has 3 atom stereocenters. The highest BCUT2D eigenvalue weighted by Crippen LogP contribution is 2.45. The summed E-state index contributed by atoms with van der Waals surface area (Å²) in [7, 11) is -2.83. The average molecular weight is 472 g/mol. The maximum absolute atomic E-state index is 13.0. The minimum Gasteiger partial charge on any atom is -0.453 e. The Balaban J connectivity index is 1.66. The van der Waals surface area contributed by atoms with Gasteiger partial charge in [-0.3, -0.25) is 14.4 Å². The number of methoxy groups -OCH3 is 1. The van der Waals surface area contributed by atoms with Crippen molar-refractivity contribution in [3.05, 3.63) is 12.7 Å². The summed E-state index contributed by atoms with van der Waals surface area (Å²) in [6.07, 6.45) is 3.37. The van der Waals surface area contributed by atoms with E-state index in [0.29, 0.717) is 32.5 Å². The monoisotopic (exact) mass is 471 g/mol. The summed E-state index contributed by atoms with van der Waals surface area (Å²) in [5.74, 6) is -2.25. The first-order valence-corrected chi connectivity index (χ1v) is 12.0. The van der Waals surface area contributed by atoms with Crippen LogP contribution in [0.1, 0.15) is 32.1 Å². The second kappa shape index (κ2) is 9.45. The Hall–Kier alpha value is -2.67. The van der Waals surface area contributed by atoms with Gasteiger partial charge in [0.2, 0.25) is 11.8 Å². The maximum Gasteiger partial charge on any atom is 0.407 e. The Labute approximate surface area is 186 Å². The van der Waals surface area contributed by atoms with Gasteiger partial charge < -0.3 is 20.3 Å². The van der Waals surface area contributed by atoms with E-state index in [1.54, 1.807) is 0 Å². The average Bonchev–Trinajstić information content (AvgIpc) is 3.14. The number of alkyl carbamates (subject to hydrolysis) is 1. The zero-order valence-electron chi connectivity index (χ0n) is 18.0. The Bertz CT molecular complexity index is 902. The van der Waals surface area contributed by atoms with Gasteiger partial charge in [-0.1, -0.05) is 6.08 Å². The third kappa shape index (κ3) is 4.88. The van der Waals surface area contributed by atoms with Gasteiger partial charge >= 0.3 is 16.3 Å². The molecule has 2 saturated heterocycles. The Kier molecular flexibility index (Phi) is 7.08. The number of rotatable bonds is 8. The largest absolute Gasteiger partial charge is 0.453 e. The molecule has 178 valence electrons. The van der Waals surface area contributed by atoms with Crippen LogP contribution in [0.2, 0.25) is 0 Å². The van der Waals surface area contributed by atoms with Crippen LogP contribution in [0.5, 0.6) is 0 Å². The minimum absolute atomic E-state index is 0.216. The zero-order valence-corrected chi connectivity index (χ0v) is 18.8. The molecule has 0 aromatic heterocycles. The summed E-state index contributed by atoms with van der Waals surface area (Å²) in [6, 6.07) is -0.826. The molecule has 2 heterocycles. The third-order valence-corrected chi connectivity index (χ3v) is 7.61. The van der Waals surface area contributed by atoms with Gasteiger partial charge in [0, 0.05) is 25.6 Å². The van der Waals surface area contributed by atoms with Gasteiger partial charge in [0.25, 0.3) is 5.91 Å². The number of nitrogens with one attached hydrogen (secondary N) is 3. The minimum atomic E-state index is -4.00. The van der Waals surface area contributed by atoms with Crippen LogP contribution in [0, 0.1) is 5.92 Å². The Morgan fingerprint density at radius 1 is 1.16 bits per heavy atom. The summed E-state index contributed by atoms with van der Waals surface area (Å²) >= 11 is 0. The fourth-order valence-corrected chi connectivity index (χ4v) is 5.48. The summed E-state index contributed by atoms with van der Waals surface area (Å²) in [4.78, 5) is 50.9. The smallest absolute Gasteiger partial charge is 0.407 e. The van der Waals surface area contributed by atoms with Crippen LogP contribution in [0.3, 0.4) is 0 Å². The number of likely N-dealkylation sites (tertiary alicyclic amines) is 1. The highest BCUT2D eigenvalue weighted by Gasteiger charge is 2.61. The third-order valence-electron chi connectivity index (χ3n) is 6.12. The molecule has 0 aromatic rings. The van der Waals surface area contributed by atoms with Crippen molar-refractivity contribution in [3.63, 3.8) is 0 Å². The van der Waals surface area contributed by atoms with Crippen molar-refractivity contribution < 1.29 is 32.3 Å². The van der Waals surface area contributed by atoms with E-state index >= 15 is 0 Å². The molecule has 4 amide bonds. The molecule has 1 saturated carbocycles. The van der Waals surface area contributed by atoms with Gasteiger partial charge in [0.1, 0.15) is 18.1 Å². The van der Waals surface area contributed by atoms with E-state index in [2.05, 4.69) is 26.7 Å². The molecule has 0 bridgehead atoms. The predicted molar refractivity (Wildman–Crippen MR) is 112 cm³/mol. The van der Waals surface area contributed by atoms with Crippen molar-refractivity contribution in [1.29, 1.82) is 0 Å². The number of hydrogen-bond acceptors (Lipinski definition) is 7. The lowest BCUT2D eigenvalue weighted by Gasteiger charge is -2.27. The summed E-state index contributed by atoms with van der Waals surface area (Å²) < 4.78 is 32.7. The zero-order chi connectivity index (χ0) is 23.5. The molecule has 3 N–H and O–H groups in total. The van der Waals surface area contributed by atoms with Crippen LogP contribution >= 0.6 is 0 Å². The van der Waals surface area contributed by atoms with Crippen LogP contribution in [-0.4, -0.2) is 86.3 Å². The van der Waals surface area contributed by atoms with E-state index in [-0.39, 0.29) is 13.0 Å². The van der Waals surface area contributed by atoms with Crippen molar-refractivity contribution in [2.24, 2.45) is 5.92 Å². The summed E-state index contributed by atoms with van der Waals surface area (Å²) in [5, 5.41) is 4.96. The molecule has 32 heavy (non-hydrogen) atoms. The number of ether oxygens (including phenoxy) is 1. The number of carbonyl (C=O) groups is 4. The second-order valence-electron chi connectivity index (χ2n) is 8.14. The normalized spacial score (nSPS) is 27.5. The fourth-order valence-electron chi connectivity index (χ4n) is 4.20. The van der Waals surface area contributed by atoms with E-state index in [1.807, 2.05) is 0 Å². The molecule has 0 aromatic carbocycles. The van der Waals surface area contributed by atoms with Crippen LogP contribution in [0.15, 0.2) is 12.7 Å². The highest BCUT2D eigenvalue weighted by atomic mass is 32.2. The van der Waals surface area contributed by atoms with Crippen LogP contribution in [0.25, 0.3) is 0 Å². The van der Waals surface area contributed by atoms with E-state index < -0.39 is 51.5 Å². The maximum atomic E-state index is 13.0. The molecule has 0 radical (unpaired) electrons. The van der Waals surface area contributed by atoms with Crippen molar-refractivity contribution in [2.45, 2.75) is 43.7 Å². The number of hydrogen-bond donors (Lipinski definition) is 3. The van der Waals surface area contributed by atoms with Gasteiger partial charge in [-0.15, -0.1) is 6.58 Å². The highest BCUT2D eigenvalue weighted by molar-refractivity contribution is 7.87. The number of amides is 4. The lowest BCUT2D eigenvalue weighted by Crippen LogP contribution is -2.58. The van der Waals surface area contributed by atoms with Crippen LogP contribution in [0.4, 0.5) is 4.79 Å². The Morgan fingerprint density at radius 2 is 1.84 bits per heavy atom. The second-order valence-corrected chi connectivity index (χ2v) is 9.81. The summed E-state index contributed by atoms with van der Waals surface area (Å²) in [6.45, 7) is 4.34. The van der Waals surface area contributed by atoms with Crippen molar-refractivity contribution >= 4 is 34.0 Å². The molecular weight excluding hydrogens is 442 g/mol. The summed E-state index contributed by atoms with van der Waals surface area (Å²) in [5.41, 5.74) is -1.42. The molecule has 1 aliphatic carbocycles.